The molecule has 1 nitrogen and oxygen atoms in total. The molecule has 0 N–H and O–H groups in total. The molecule has 0 bridgehead atoms. The van der Waals surface area contributed by atoms with Crippen LogP contribution in [-0.4, -0.2) is 4.57 Å². The zero-order chi connectivity index (χ0) is 8.72. The zero-order valence-corrected chi connectivity index (χ0v) is 7.64. The van der Waals surface area contributed by atoms with Crippen molar-refractivity contribution >= 4 is 13.2 Å². The van der Waals surface area contributed by atoms with Crippen molar-refractivity contribution in [3.05, 3.63) is 22.3 Å². The van der Waals surface area contributed by atoms with Gasteiger partial charge in [0.25, 0.3) is 0 Å². The second kappa shape index (κ2) is 2.51. The van der Waals surface area contributed by atoms with Crippen molar-refractivity contribution in [2.45, 2.75) is 32.2 Å². The summed E-state index contributed by atoms with van der Waals surface area (Å²) in [7, 11) is 0. The Morgan fingerprint density at radius 2 is 2.08 bits per heavy atom. The second-order valence-electron chi connectivity index (χ2n) is 3.71. The fraction of sp³-hybridized carbons (Fsp3) is 0.455. The van der Waals surface area contributed by atoms with Gasteiger partial charge in [-0.25, -0.2) is 0 Å². The van der Waals surface area contributed by atoms with Crippen molar-refractivity contribution < 1.29 is 0 Å². The lowest BCUT2D eigenvalue weighted by molar-refractivity contribution is 0.305. The molecule has 12 heavy (non-hydrogen) atoms. The highest BCUT2D eigenvalue weighted by Gasteiger charge is 2.20. The first-order chi connectivity index (χ1) is 5.70. The van der Waals surface area contributed by atoms with Gasteiger partial charge < -0.3 is 4.57 Å². The fourth-order valence-electron chi connectivity index (χ4n) is 1.93. The van der Waals surface area contributed by atoms with E-state index in [1.165, 1.54) is 25.0 Å². The molecule has 0 saturated heterocycles. The highest BCUT2D eigenvalue weighted by molar-refractivity contribution is 5.18. The van der Waals surface area contributed by atoms with Gasteiger partial charge in [-0.05, 0) is 37.5 Å². The summed E-state index contributed by atoms with van der Waals surface area (Å²) >= 11 is 0. The minimum absolute atomic E-state index is 0.716. The van der Waals surface area contributed by atoms with Crippen LogP contribution in [0.25, 0.3) is 13.2 Å². The first kappa shape index (κ1) is 7.66. The number of aryl methyl sites for hydroxylation is 1. The van der Waals surface area contributed by atoms with Gasteiger partial charge in [0.05, 0.1) is 0 Å². The second-order valence-corrected chi connectivity index (χ2v) is 3.71. The number of rotatable bonds is 1. The van der Waals surface area contributed by atoms with Crippen molar-refractivity contribution in [3.8, 4) is 0 Å². The summed E-state index contributed by atoms with van der Waals surface area (Å²) in [5.41, 5.74) is 1.31. The van der Waals surface area contributed by atoms with Gasteiger partial charge in [-0.15, -0.1) is 0 Å². The fourth-order valence-corrected chi connectivity index (χ4v) is 1.93. The highest BCUT2D eigenvalue weighted by Crippen LogP contribution is 2.30. The Morgan fingerprint density at radius 3 is 2.42 bits per heavy atom. The topological polar surface area (TPSA) is 4.93 Å². The summed E-state index contributed by atoms with van der Waals surface area (Å²) in [4.78, 5) is 0. The normalized spacial score (nSPS) is 17.8. The van der Waals surface area contributed by atoms with Crippen molar-refractivity contribution in [1.82, 2.24) is 4.57 Å². The summed E-state index contributed by atoms with van der Waals surface area (Å²) < 4.78 is 2.34. The molecule has 0 amide bonds. The minimum Gasteiger partial charge on any atom is -0.342 e. The van der Waals surface area contributed by atoms with Crippen molar-refractivity contribution in [2.75, 3.05) is 0 Å². The highest BCUT2D eigenvalue weighted by atomic mass is 15.0. The van der Waals surface area contributed by atoms with Gasteiger partial charge in [0, 0.05) is 17.1 Å². The summed E-state index contributed by atoms with van der Waals surface area (Å²) in [5, 5.41) is 2.19. The SMILES string of the molecule is C=c1cc(C)n(C2CCC2)c1=C. The maximum absolute atomic E-state index is 4.04. The molecule has 1 saturated carbocycles. The van der Waals surface area contributed by atoms with Gasteiger partial charge in [-0.2, -0.15) is 0 Å². The number of aromatic nitrogens is 1. The van der Waals surface area contributed by atoms with Crippen LogP contribution < -0.4 is 10.6 Å². The Labute approximate surface area is 73.0 Å². The standard InChI is InChI=1S/C11H15N/c1-8-7-9(2)12(10(8)3)11-5-4-6-11/h7,11H,1,3-6H2,2H3. The molecule has 64 valence electrons. The van der Waals surface area contributed by atoms with Crippen LogP contribution in [0.5, 0.6) is 0 Å². The van der Waals surface area contributed by atoms with Crippen LogP contribution in [0.2, 0.25) is 0 Å². The Bertz CT molecular complexity index is 382. The summed E-state index contributed by atoms with van der Waals surface area (Å²) in [6, 6.07) is 2.84. The smallest absolute Gasteiger partial charge is 0.0405 e. The molecule has 0 unspecified atom stereocenters. The summed E-state index contributed by atoms with van der Waals surface area (Å²) in [6.07, 6.45) is 4.00. The van der Waals surface area contributed by atoms with Crippen LogP contribution in [0.15, 0.2) is 6.07 Å². The third-order valence-corrected chi connectivity index (χ3v) is 2.86. The molecule has 0 atom stereocenters. The van der Waals surface area contributed by atoms with E-state index in [0.29, 0.717) is 6.04 Å². The molecule has 1 heteroatoms. The van der Waals surface area contributed by atoms with E-state index in [9.17, 15) is 0 Å². The molecule has 1 aliphatic rings. The Balaban J connectivity index is 2.54. The minimum atomic E-state index is 0.716. The van der Waals surface area contributed by atoms with E-state index in [2.05, 4.69) is 30.7 Å². The molecule has 0 spiro atoms. The van der Waals surface area contributed by atoms with Gasteiger partial charge in [0.15, 0.2) is 0 Å². The molecule has 0 radical (unpaired) electrons. The van der Waals surface area contributed by atoms with Gasteiger partial charge >= 0.3 is 0 Å². The predicted molar refractivity (Wildman–Crippen MR) is 52.4 cm³/mol. The van der Waals surface area contributed by atoms with Gasteiger partial charge in [0.2, 0.25) is 0 Å². The molecule has 1 aliphatic carbocycles. The quantitative estimate of drug-likeness (QED) is 0.586. The van der Waals surface area contributed by atoms with E-state index in [1.54, 1.807) is 0 Å². The van der Waals surface area contributed by atoms with Crippen LogP contribution >= 0.6 is 0 Å². The average Bonchev–Trinajstić information content (AvgIpc) is 2.13. The van der Waals surface area contributed by atoms with Crippen LogP contribution in [0.4, 0.5) is 0 Å². The van der Waals surface area contributed by atoms with Crippen molar-refractivity contribution in [1.29, 1.82) is 0 Å². The number of hydrogen-bond acceptors (Lipinski definition) is 0. The molecule has 0 aromatic carbocycles. The van der Waals surface area contributed by atoms with E-state index in [4.69, 9.17) is 0 Å². The van der Waals surface area contributed by atoms with Crippen molar-refractivity contribution in [2.24, 2.45) is 0 Å². The average molecular weight is 161 g/mol. The lowest BCUT2D eigenvalue weighted by Gasteiger charge is -2.28. The number of hydrogen-bond donors (Lipinski definition) is 0. The Kier molecular flexibility index (Phi) is 1.60. The van der Waals surface area contributed by atoms with Crippen molar-refractivity contribution in [3.63, 3.8) is 0 Å². The third-order valence-electron chi connectivity index (χ3n) is 2.86. The van der Waals surface area contributed by atoms with E-state index in [1.807, 2.05) is 0 Å². The van der Waals surface area contributed by atoms with Crippen LogP contribution in [0, 0.1) is 6.92 Å². The van der Waals surface area contributed by atoms with Crippen LogP contribution in [0.1, 0.15) is 31.0 Å². The molecule has 1 fully saturated rings. The first-order valence-electron chi connectivity index (χ1n) is 4.56. The van der Waals surface area contributed by atoms with Crippen LogP contribution in [-0.2, 0) is 0 Å². The molecular weight excluding hydrogens is 146 g/mol. The predicted octanol–water partition coefficient (Wildman–Crippen LogP) is 1.34. The number of nitrogens with zero attached hydrogens (tertiary/aromatic N) is 1. The van der Waals surface area contributed by atoms with E-state index in [-0.39, 0.29) is 0 Å². The van der Waals surface area contributed by atoms with E-state index >= 15 is 0 Å². The van der Waals surface area contributed by atoms with E-state index < -0.39 is 0 Å². The lowest BCUT2D eigenvalue weighted by atomic mass is 9.93. The monoisotopic (exact) mass is 161 g/mol. The maximum atomic E-state index is 4.04. The van der Waals surface area contributed by atoms with Gasteiger partial charge in [0.1, 0.15) is 0 Å². The Morgan fingerprint density at radius 1 is 1.42 bits per heavy atom. The maximum Gasteiger partial charge on any atom is 0.0405 e. The molecule has 2 rings (SSSR count). The third kappa shape index (κ3) is 0.927. The zero-order valence-electron chi connectivity index (χ0n) is 7.64. The first-order valence-corrected chi connectivity index (χ1v) is 4.56. The van der Waals surface area contributed by atoms with Gasteiger partial charge in [-0.3, -0.25) is 0 Å². The Hall–Kier alpha value is -0.980. The largest absolute Gasteiger partial charge is 0.342 e. The van der Waals surface area contributed by atoms with Gasteiger partial charge in [-0.1, -0.05) is 13.2 Å². The summed E-state index contributed by atoms with van der Waals surface area (Å²) in [5.74, 6) is 0. The molecular formula is C11H15N. The van der Waals surface area contributed by atoms with Crippen LogP contribution in [0.3, 0.4) is 0 Å². The molecule has 0 aliphatic heterocycles. The molecule has 1 aromatic heterocycles. The lowest BCUT2D eigenvalue weighted by Crippen LogP contribution is -2.32. The van der Waals surface area contributed by atoms with E-state index in [0.717, 1.165) is 10.6 Å². The molecule has 1 aromatic rings. The molecule has 1 heterocycles. The summed E-state index contributed by atoms with van der Waals surface area (Å²) in [6.45, 7) is 10.1.